The molecule has 1 aliphatic heterocycles. The zero-order valence-electron chi connectivity index (χ0n) is 13.7. The van der Waals surface area contributed by atoms with Crippen molar-refractivity contribution in [1.29, 1.82) is 0 Å². The number of piperidine rings is 1. The van der Waals surface area contributed by atoms with Crippen LogP contribution in [0.4, 0.5) is 0 Å². The molecule has 1 aliphatic carbocycles. The zero-order valence-corrected chi connectivity index (χ0v) is 13.7. The third-order valence-electron chi connectivity index (χ3n) is 5.51. The van der Waals surface area contributed by atoms with Crippen LogP contribution < -0.4 is 11.1 Å². The van der Waals surface area contributed by atoms with Gasteiger partial charge in [0.05, 0.1) is 12.6 Å². The molecule has 0 spiro atoms. The number of ether oxygens (including phenoxy) is 1. The summed E-state index contributed by atoms with van der Waals surface area (Å²) in [6.45, 7) is 9.81. The fourth-order valence-electron chi connectivity index (χ4n) is 3.77. The van der Waals surface area contributed by atoms with E-state index in [0.29, 0.717) is 24.7 Å². The number of amides is 1. The van der Waals surface area contributed by atoms with E-state index in [-0.39, 0.29) is 11.3 Å². The first kappa shape index (κ1) is 16.7. The summed E-state index contributed by atoms with van der Waals surface area (Å²) in [6, 6.07) is 1.12. The van der Waals surface area contributed by atoms with Crippen LogP contribution in [0.5, 0.6) is 0 Å². The highest BCUT2D eigenvalue weighted by Crippen LogP contribution is 2.46. The SMILES string of the molecule is CCOC1CC(NC2CCN(CC(N)=O)CC2)C1(C)CC. The van der Waals surface area contributed by atoms with E-state index >= 15 is 0 Å². The number of primary amides is 1. The van der Waals surface area contributed by atoms with E-state index in [1.165, 1.54) is 0 Å². The smallest absolute Gasteiger partial charge is 0.231 e. The molecule has 2 aliphatic rings. The lowest BCUT2D eigenvalue weighted by atomic mass is 9.61. The van der Waals surface area contributed by atoms with Crippen molar-refractivity contribution in [2.24, 2.45) is 11.1 Å². The maximum Gasteiger partial charge on any atom is 0.231 e. The fraction of sp³-hybridized carbons (Fsp3) is 0.938. The number of nitrogens with one attached hydrogen (secondary N) is 1. The van der Waals surface area contributed by atoms with Gasteiger partial charge in [-0.25, -0.2) is 0 Å². The Balaban J connectivity index is 1.77. The molecule has 21 heavy (non-hydrogen) atoms. The van der Waals surface area contributed by atoms with Gasteiger partial charge in [0.1, 0.15) is 0 Å². The largest absolute Gasteiger partial charge is 0.378 e. The van der Waals surface area contributed by atoms with Gasteiger partial charge in [-0.05, 0) is 32.6 Å². The van der Waals surface area contributed by atoms with E-state index in [1.807, 2.05) is 0 Å². The van der Waals surface area contributed by atoms with Crippen molar-refractivity contribution < 1.29 is 9.53 Å². The Labute approximate surface area is 128 Å². The summed E-state index contributed by atoms with van der Waals surface area (Å²) in [5.41, 5.74) is 5.52. The third-order valence-corrected chi connectivity index (χ3v) is 5.51. The van der Waals surface area contributed by atoms with E-state index in [0.717, 1.165) is 45.4 Å². The molecule has 0 aromatic heterocycles. The summed E-state index contributed by atoms with van der Waals surface area (Å²) in [5.74, 6) is -0.224. The van der Waals surface area contributed by atoms with E-state index in [4.69, 9.17) is 10.5 Å². The third kappa shape index (κ3) is 3.76. The molecular weight excluding hydrogens is 266 g/mol. The van der Waals surface area contributed by atoms with E-state index in [9.17, 15) is 4.79 Å². The Morgan fingerprint density at radius 2 is 2.05 bits per heavy atom. The number of hydrogen-bond acceptors (Lipinski definition) is 4. The predicted octanol–water partition coefficient (Wildman–Crippen LogP) is 1.12. The van der Waals surface area contributed by atoms with Gasteiger partial charge in [-0.3, -0.25) is 9.69 Å². The number of nitrogens with two attached hydrogens (primary N) is 1. The molecule has 0 radical (unpaired) electrons. The highest BCUT2D eigenvalue weighted by Gasteiger charge is 2.51. The monoisotopic (exact) mass is 297 g/mol. The second-order valence-electron chi connectivity index (χ2n) is 6.78. The van der Waals surface area contributed by atoms with Gasteiger partial charge in [0, 0.05) is 37.2 Å². The van der Waals surface area contributed by atoms with Crippen LogP contribution in [0.3, 0.4) is 0 Å². The molecular formula is C16H31N3O2. The van der Waals surface area contributed by atoms with Gasteiger partial charge in [0.15, 0.2) is 0 Å². The summed E-state index contributed by atoms with van der Waals surface area (Å²) < 4.78 is 5.86. The Kier molecular flexibility index (Phi) is 5.63. The van der Waals surface area contributed by atoms with E-state index in [2.05, 4.69) is 31.0 Å². The number of likely N-dealkylation sites (tertiary alicyclic amines) is 1. The first-order valence-electron chi connectivity index (χ1n) is 8.37. The van der Waals surface area contributed by atoms with Crippen molar-refractivity contribution in [2.75, 3.05) is 26.2 Å². The van der Waals surface area contributed by atoms with Crippen molar-refractivity contribution in [3.63, 3.8) is 0 Å². The molecule has 3 unspecified atom stereocenters. The van der Waals surface area contributed by atoms with Crippen molar-refractivity contribution in [3.8, 4) is 0 Å². The molecule has 1 saturated carbocycles. The molecule has 0 aromatic rings. The quantitative estimate of drug-likeness (QED) is 0.739. The molecule has 2 fully saturated rings. The molecule has 1 heterocycles. The maximum atomic E-state index is 11.0. The van der Waals surface area contributed by atoms with Gasteiger partial charge in [0.25, 0.3) is 0 Å². The highest BCUT2D eigenvalue weighted by atomic mass is 16.5. The predicted molar refractivity (Wildman–Crippen MR) is 84.0 cm³/mol. The molecule has 5 nitrogen and oxygen atoms in total. The summed E-state index contributed by atoms with van der Waals surface area (Å²) in [7, 11) is 0. The van der Waals surface area contributed by atoms with Crippen LogP contribution in [0, 0.1) is 5.41 Å². The number of hydrogen-bond donors (Lipinski definition) is 2. The Morgan fingerprint density at radius 3 is 2.57 bits per heavy atom. The molecule has 1 saturated heterocycles. The molecule has 0 aromatic carbocycles. The minimum absolute atomic E-state index is 0.224. The summed E-state index contributed by atoms with van der Waals surface area (Å²) in [5, 5.41) is 3.84. The summed E-state index contributed by atoms with van der Waals surface area (Å²) >= 11 is 0. The minimum Gasteiger partial charge on any atom is -0.378 e. The number of carbonyl (C=O) groups excluding carboxylic acids is 1. The average molecular weight is 297 g/mol. The van der Waals surface area contributed by atoms with E-state index < -0.39 is 0 Å². The molecule has 2 rings (SSSR count). The Bertz CT molecular complexity index is 355. The second kappa shape index (κ2) is 7.07. The minimum atomic E-state index is -0.224. The second-order valence-corrected chi connectivity index (χ2v) is 6.78. The Hall–Kier alpha value is -0.650. The first-order valence-corrected chi connectivity index (χ1v) is 8.37. The number of rotatable bonds is 7. The van der Waals surface area contributed by atoms with E-state index in [1.54, 1.807) is 0 Å². The molecule has 5 heteroatoms. The van der Waals surface area contributed by atoms with Gasteiger partial charge in [0.2, 0.25) is 5.91 Å². The molecule has 122 valence electrons. The lowest BCUT2D eigenvalue weighted by Gasteiger charge is -2.55. The van der Waals surface area contributed by atoms with Crippen molar-refractivity contribution >= 4 is 5.91 Å². The molecule has 0 bridgehead atoms. The standard InChI is InChI=1S/C16H31N3O2/c1-4-16(3)13(10-14(16)21-5-2)18-12-6-8-19(9-7-12)11-15(17)20/h12-14,18H,4-11H2,1-3H3,(H2,17,20). The lowest BCUT2D eigenvalue weighted by molar-refractivity contribution is -0.129. The van der Waals surface area contributed by atoms with Crippen molar-refractivity contribution in [2.45, 2.75) is 64.6 Å². The lowest BCUT2D eigenvalue weighted by Crippen LogP contribution is -2.64. The highest BCUT2D eigenvalue weighted by molar-refractivity contribution is 5.75. The van der Waals surface area contributed by atoms with Crippen LogP contribution in [-0.4, -0.2) is 55.2 Å². The van der Waals surface area contributed by atoms with Crippen LogP contribution in [-0.2, 0) is 9.53 Å². The zero-order chi connectivity index (χ0) is 15.5. The number of carbonyl (C=O) groups is 1. The van der Waals surface area contributed by atoms with Crippen LogP contribution in [0.1, 0.15) is 46.5 Å². The van der Waals surface area contributed by atoms with Crippen LogP contribution in [0.15, 0.2) is 0 Å². The topological polar surface area (TPSA) is 67.6 Å². The Morgan fingerprint density at radius 1 is 1.38 bits per heavy atom. The van der Waals surface area contributed by atoms with Crippen molar-refractivity contribution in [3.05, 3.63) is 0 Å². The van der Waals surface area contributed by atoms with Gasteiger partial charge in [-0.2, -0.15) is 0 Å². The normalized spacial score (nSPS) is 34.6. The first-order chi connectivity index (χ1) is 9.99. The number of nitrogens with zero attached hydrogens (tertiary/aromatic N) is 1. The van der Waals surface area contributed by atoms with Crippen LogP contribution >= 0.6 is 0 Å². The maximum absolute atomic E-state index is 11.0. The summed E-state index contributed by atoms with van der Waals surface area (Å²) in [4.78, 5) is 13.1. The van der Waals surface area contributed by atoms with Gasteiger partial charge >= 0.3 is 0 Å². The van der Waals surface area contributed by atoms with Crippen LogP contribution in [0.2, 0.25) is 0 Å². The fourth-order valence-corrected chi connectivity index (χ4v) is 3.77. The van der Waals surface area contributed by atoms with Crippen LogP contribution in [0.25, 0.3) is 0 Å². The van der Waals surface area contributed by atoms with Gasteiger partial charge in [-0.1, -0.05) is 13.8 Å². The van der Waals surface area contributed by atoms with Crippen molar-refractivity contribution in [1.82, 2.24) is 10.2 Å². The molecule has 1 amide bonds. The molecule has 3 N–H and O–H groups in total. The average Bonchev–Trinajstić information content (AvgIpc) is 2.46. The van der Waals surface area contributed by atoms with Gasteiger partial charge in [-0.15, -0.1) is 0 Å². The van der Waals surface area contributed by atoms with Gasteiger partial charge < -0.3 is 15.8 Å². The molecule has 3 atom stereocenters. The summed E-state index contributed by atoms with van der Waals surface area (Å²) in [6.07, 6.45) is 4.88.